The average Bonchev–Trinajstić information content (AvgIpc) is 3.22. The zero-order valence-electron chi connectivity index (χ0n) is 14.1. The number of hydrogen-bond acceptors (Lipinski definition) is 4. The van der Waals surface area contributed by atoms with Gasteiger partial charge in [0.25, 0.3) is 0 Å². The minimum absolute atomic E-state index is 0.650. The average molecular weight is 325 g/mol. The molecule has 0 fully saturated rings. The summed E-state index contributed by atoms with van der Waals surface area (Å²) in [6.07, 6.45) is 1.84. The first-order valence-electron chi connectivity index (χ1n) is 8.22. The van der Waals surface area contributed by atoms with Crippen LogP contribution >= 0.6 is 0 Å². The lowest BCUT2D eigenvalue weighted by Gasteiger charge is -2.10. The number of hydrogen-bond donors (Lipinski definition) is 2. The lowest BCUT2D eigenvalue weighted by Crippen LogP contribution is -2.14. The van der Waals surface area contributed by atoms with Crippen LogP contribution in [0.2, 0.25) is 0 Å². The van der Waals surface area contributed by atoms with E-state index in [2.05, 4.69) is 33.7 Å². The van der Waals surface area contributed by atoms with Crippen LogP contribution in [0.25, 0.3) is 11.5 Å². The van der Waals surface area contributed by atoms with E-state index in [9.17, 15) is 0 Å². The molecule has 3 aromatic rings. The van der Waals surface area contributed by atoms with Crippen LogP contribution in [0, 0.1) is 6.92 Å². The van der Waals surface area contributed by atoms with Gasteiger partial charge in [0.15, 0.2) is 5.76 Å². The maximum Gasteiger partial charge on any atom is 0.152 e. The van der Waals surface area contributed by atoms with E-state index >= 15 is 0 Å². The molecule has 3 rings (SSSR count). The third-order valence-corrected chi connectivity index (χ3v) is 3.92. The van der Waals surface area contributed by atoms with Crippen molar-refractivity contribution in [2.24, 2.45) is 0 Å². The normalized spacial score (nSPS) is 11.1. The van der Waals surface area contributed by atoms with Crippen LogP contribution in [-0.4, -0.2) is 16.8 Å². The molecule has 2 heterocycles. The molecule has 2 N–H and O–H groups in total. The molecule has 0 spiro atoms. The summed E-state index contributed by atoms with van der Waals surface area (Å²) in [5.74, 6) is 1.71. The predicted octanol–water partition coefficient (Wildman–Crippen LogP) is 3.80. The van der Waals surface area contributed by atoms with Gasteiger partial charge in [0, 0.05) is 25.3 Å². The number of nitrogens with one attached hydrogen (secondary N) is 2. The minimum Gasteiger partial charge on any atom is -0.460 e. The monoisotopic (exact) mass is 325 g/mol. The molecule has 24 heavy (non-hydrogen) atoms. The predicted molar refractivity (Wildman–Crippen MR) is 93.3 cm³/mol. The van der Waals surface area contributed by atoms with Crippen LogP contribution in [0.4, 0.5) is 0 Å². The molecule has 0 atom stereocenters. The van der Waals surface area contributed by atoms with Crippen molar-refractivity contribution in [2.45, 2.75) is 33.5 Å². The summed E-state index contributed by atoms with van der Waals surface area (Å²) in [6.45, 7) is 6.82. The molecule has 0 radical (unpaired) electrons. The quantitative estimate of drug-likeness (QED) is 0.661. The van der Waals surface area contributed by atoms with Crippen LogP contribution in [-0.2, 0) is 24.4 Å². The zero-order chi connectivity index (χ0) is 16.8. The summed E-state index contributed by atoms with van der Waals surface area (Å²) in [5, 5.41) is 10.6. The van der Waals surface area contributed by atoms with Gasteiger partial charge in [-0.3, -0.25) is 5.10 Å². The fourth-order valence-corrected chi connectivity index (χ4v) is 2.64. The fourth-order valence-electron chi connectivity index (χ4n) is 2.64. The van der Waals surface area contributed by atoms with Crippen molar-refractivity contribution >= 4 is 0 Å². The summed E-state index contributed by atoms with van der Waals surface area (Å²) >= 11 is 0. The summed E-state index contributed by atoms with van der Waals surface area (Å²) < 4.78 is 11.2. The Morgan fingerprint density at radius 2 is 1.88 bits per heavy atom. The third-order valence-electron chi connectivity index (χ3n) is 3.92. The number of aromatic amines is 1. The van der Waals surface area contributed by atoms with Gasteiger partial charge in [-0.15, -0.1) is 0 Å². The number of benzene rings is 1. The summed E-state index contributed by atoms with van der Waals surface area (Å²) in [5.41, 5.74) is 4.50. The van der Waals surface area contributed by atoms with E-state index in [4.69, 9.17) is 9.15 Å². The maximum atomic E-state index is 5.68. The molecular weight excluding hydrogens is 302 g/mol. The molecule has 2 aromatic heterocycles. The molecule has 1 aromatic carbocycles. The van der Waals surface area contributed by atoms with Gasteiger partial charge in [-0.25, -0.2) is 0 Å². The van der Waals surface area contributed by atoms with Crippen molar-refractivity contribution < 1.29 is 9.15 Å². The highest BCUT2D eigenvalue weighted by atomic mass is 16.5. The molecule has 0 amide bonds. The van der Waals surface area contributed by atoms with Gasteiger partial charge in [0.1, 0.15) is 11.5 Å². The van der Waals surface area contributed by atoms with E-state index in [-0.39, 0.29) is 0 Å². The van der Waals surface area contributed by atoms with E-state index in [1.165, 1.54) is 11.1 Å². The Balaban J connectivity index is 1.63. The molecule has 0 saturated heterocycles. The van der Waals surface area contributed by atoms with E-state index in [0.29, 0.717) is 13.2 Å². The largest absolute Gasteiger partial charge is 0.460 e. The number of ether oxygens (including phenoxy) is 1. The van der Waals surface area contributed by atoms with Gasteiger partial charge in [-0.1, -0.05) is 24.3 Å². The van der Waals surface area contributed by atoms with Crippen molar-refractivity contribution in [2.75, 3.05) is 6.61 Å². The Kier molecular flexibility index (Phi) is 5.46. The molecule has 126 valence electrons. The van der Waals surface area contributed by atoms with Crippen molar-refractivity contribution in [3.05, 3.63) is 65.0 Å². The van der Waals surface area contributed by atoms with Gasteiger partial charge in [-0.2, -0.15) is 5.10 Å². The highest BCUT2D eigenvalue weighted by Gasteiger charge is 2.11. The van der Waals surface area contributed by atoms with Crippen LogP contribution in [0.5, 0.6) is 0 Å². The minimum atomic E-state index is 0.650. The molecule has 0 unspecified atom stereocenters. The molecule has 5 nitrogen and oxygen atoms in total. The topological polar surface area (TPSA) is 63.1 Å². The van der Waals surface area contributed by atoms with Gasteiger partial charge in [-0.05, 0) is 37.1 Å². The summed E-state index contributed by atoms with van der Waals surface area (Å²) in [6, 6.07) is 12.3. The fraction of sp³-hybridized carbons (Fsp3) is 0.316. The van der Waals surface area contributed by atoms with E-state index in [1.807, 2.05) is 38.2 Å². The highest BCUT2D eigenvalue weighted by molar-refractivity contribution is 5.56. The molecule has 0 saturated carbocycles. The Hall–Kier alpha value is -2.37. The highest BCUT2D eigenvalue weighted by Crippen LogP contribution is 2.23. The number of rotatable bonds is 8. The van der Waals surface area contributed by atoms with Crippen LogP contribution in [0.1, 0.15) is 29.4 Å². The first-order chi connectivity index (χ1) is 11.8. The van der Waals surface area contributed by atoms with Crippen molar-refractivity contribution in [1.82, 2.24) is 15.5 Å². The van der Waals surface area contributed by atoms with Crippen LogP contribution < -0.4 is 5.32 Å². The Bertz CT molecular complexity index is 776. The van der Waals surface area contributed by atoms with Crippen LogP contribution in [0.3, 0.4) is 0 Å². The smallest absolute Gasteiger partial charge is 0.152 e. The number of H-pyrrole nitrogens is 1. The molecule has 0 aliphatic rings. The zero-order valence-corrected chi connectivity index (χ0v) is 14.1. The van der Waals surface area contributed by atoms with Gasteiger partial charge >= 0.3 is 0 Å². The number of furan rings is 1. The Morgan fingerprint density at radius 3 is 2.62 bits per heavy atom. The maximum absolute atomic E-state index is 5.68. The summed E-state index contributed by atoms with van der Waals surface area (Å²) in [4.78, 5) is 0. The molecule has 0 aliphatic carbocycles. The van der Waals surface area contributed by atoms with Crippen molar-refractivity contribution in [3.8, 4) is 11.5 Å². The standard InChI is InChI=1S/C19H23N3O2/c1-3-23-13-16-7-5-4-6-15(16)10-20-11-17-12-21-22-19(17)18-9-8-14(2)24-18/h4-9,12,20H,3,10-11,13H2,1-2H3,(H,21,22). The Labute approximate surface area is 142 Å². The van der Waals surface area contributed by atoms with E-state index in [1.54, 1.807) is 0 Å². The second-order valence-corrected chi connectivity index (χ2v) is 5.69. The lowest BCUT2D eigenvalue weighted by atomic mass is 10.1. The number of nitrogens with zero attached hydrogens (tertiary/aromatic N) is 1. The van der Waals surface area contributed by atoms with Crippen LogP contribution in [0.15, 0.2) is 47.0 Å². The van der Waals surface area contributed by atoms with E-state index in [0.717, 1.165) is 35.9 Å². The molecule has 5 heteroatoms. The third kappa shape index (κ3) is 3.93. The molecule has 0 aliphatic heterocycles. The second kappa shape index (κ2) is 7.95. The molecular formula is C19H23N3O2. The van der Waals surface area contributed by atoms with Gasteiger partial charge in [0.05, 0.1) is 12.8 Å². The number of aromatic nitrogens is 2. The SMILES string of the molecule is CCOCc1ccccc1CNCc1cn[nH]c1-c1ccc(C)o1. The van der Waals surface area contributed by atoms with Gasteiger partial charge < -0.3 is 14.5 Å². The van der Waals surface area contributed by atoms with Crippen molar-refractivity contribution in [3.63, 3.8) is 0 Å². The van der Waals surface area contributed by atoms with E-state index < -0.39 is 0 Å². The first-order valence-corrected chi connectivity index (χ1v) is 8.22. The second-order valence-electron chi connectivity index (χ2n) is 5.69. The lowest BCUT2D eigenvalue weighted by molar-refractivity contribution is 0.133. The number of aryl methyl sites for hydroxylation is 1. The summed E-state index contributed by atoms with van der Waals surface area (Å²) in [7, 11) is 0. The molecule has 0 bridgehead atoms. The first kappa shape index (κ1) is 16.5. The van der Waals surface area contributed by atoms with Crippen molar-refractivity contribution in [1.29, 1.82) is 0 Å². The Morgan fingerprint density at radius 1 is 1.08 bits per heavy atom. The van der Waals surface area contributed by atoms with Gasteiger partial charge in [0.2, 0.25) is 0 Å².